The van der Waals surface area contributed by atoms with Gasteiger partial charge in [0.05, 0.1) is 11.1 Å². The van der Waals surface area contributed by atoms with Crippen molar-refractivity contribution in [1.29, 1.82) is 0 Å². The van der Waals surface area contributed by atoms with Gasteiger partial charge < -0.3 is 4.57 Å². The molecular weight excluding hydrogens is 366 g/mol. The molecule has 3 rings (SSSR count). The van der Waals surface area contributed by atoms with Crippen LogP contribution in [0.1, 0.15) is 19.4 Å². The van der Waals surface area contributed by atoms with E-state index in [2.05, 4.69) is 20.5 Å². The van der Waals surface area contributed by atoms with Gasteiger partial charge in [-0.2, -0.15) is 10.1 Å². The highest BCUT2D eigenvalue weighted by atomic mass is 16.6. The number of hydrazone groups is 1. The van der Waals surface area contributed by atoms with Crippen molar-refractivity contribution in [3.63, 3.8) is 0 Å². The molecule has 0 unspecified atom stereocenters. The van der Waals surface area contributed by atoms with Crippen molar-refractivity contribution in [2.75, 3.05) is 5.43 Å². The maximum absolute atomic E-state index is 12.3. The van der Waals surface area contributed by atoms with Crippen molar-refractivity contribution in [1.82, 2.24) is 19.1 Å². The molecule has 11 nitrogen and oxygen atoms in total. The van der Waals surface area contributed by atoms with Crippen LogP contribution in [-0.2, 0) is 13.6 Å². The summed E-state index contributed by atoms with van der Waals surface area (Å²) in [4.78, 5) is 41.1. The van der Waals surface area contributed by atoms with Crippen LogP contribution in [0.2, 0.25) is 0 Å². The van der Waals surface area contributed by atoms with Gasteiger partial charge in [0.25, 0.3) is 11.2 Å². The van der Waals surface area contributed by atoms with Gasteiger partial charge in [-0.25, -0.2) is 10.2 Å². The second-order valence-electron chi connectivity index (χ2n) is 6.65. The maximum Gasteiger partial charge on any atom is 0.329 e. The number of fused-ring (bicyclic) bond motifs is 1. The zero-order valence-corrected chi connectivity index (χ0v) is 15.5. The summed E-state index contributed by atoms with van der Waals surface area (Å²) in [7, 11) is 1.52. The summed E-state index contributed by atoms with van der Waals surface area (Å²) < 4.78 is 2.91. The van der Waals surface area contributed by atoms with Gasteiger partial charge >= 0.3 is 5.69 Å². The smallest absolute Gasteiger partial charge is 0.303 e. The van der Waals surface area contributed by atoms with Crippen molar-refractivity contribution in [2.24, 2.45) is 18.1 Å². The molecule has 0 atom stereocenters. The number of hydrogen-bond acceptors (Lipinski definition) is 7. The van der Waals surface area contributed by atoms with E-state index in [4.69, 9.17) is 0 Å². The molecule has 0 aliphatic carbocycles. The molecule has 0 aliphatic rings. The fourth-order valence-electron chi connectivity index (χ4n) is 2.75. The lowest BCUT2D eigenvalue weighted by atomic mass is 10.2. The minimum absolute atomic E-state index is 0.0440. The fourth-order valence-corrected chi connectivity index (χ4v) is 2.75. The molecule has 0 spiro atoms. The van der Waals surface area contributed by atoms with Crippen molar-refractivity contribution in [3.05, 3.63) is 60.8 Å². The molecule has 2 heterocycles. The Kier molecular flexibility index (Phi) is 5.07. The lowest BCUT2D eigenvalue weighted by molar-refractivity contribution is -0.384. The lowest BCUT2D eigenvalue weighted by Crippen LogP contribution is -2.29. The van der Waals surface area contributed by atoms with Crippen molar-refractivity contribution in [3.8, 4) is 0 Å². The molecule has 0 aliphatic heterocycles. The van der Waals surface area contributed by atoms with E-state index in [-0.39, 0.29) is 28.7 Å². The number of anilines is 1. The minimum atomic E-state index is -0.557. The summed E-state index contributed by atoms with van der Waals surface area (Å²) in [6, 6.07) is 6.00. The Balaban J connectivity index is 2.00. The van der Waals surface area contributed by atoms with E-state index in [1.807, 2.05) is 13.8 Å². The van der Waals surface area contributed by atoms with Crippen LogP contribution in [0.4, 0.5) is 11.6 Å². The van der Waals surface area contributed by atoms with E-state index >= 15 is 0 Å². The monoisotopic (exact) mass is 385 g/mol. The quantitative estimate of drug-likeness (QED) is 0.374. The zero-order valence-electron chi connectivity index (χ0n) is 15.5. The number of nitrogens with one attached hydrogen (secondary N) is 2. The van der Waals surface area contributed by atoms with Gasteiger partial charge in [0.2, 0.25) is 5.95 Å². The van der Waals surface area contributed by atoms with Gasteiger partial charge in [0, 0.05) is 31.3 Å². The maximum atomic E-state index is 12.3. The number of rotatable bonds is 6. The summed E-state index contributed by atoms with van der Waals surface area (Å²) in [5.41, 5.74) is 2.67. The molecule has 0 saturated carbocycles. The average Bonchev–Trinajstić information content (AvgIpc) is 2.98. The van der Waals surface area contributed by atoms with Crippen LogP contribution in [0.15, 0.2) is 39.0 Å². The van der Waals surface area contributed by atoms with Crippen molar-refractivity contribution in [2.45, 2.75) is 20.4 Å². The molecule has 3 aromatic rings. The predicted molar refractivity (Wildman–Crippen MR) is 105 cm³/mol. The predicted octanol–water partition coefficient (Wildman–Crippen LogP) is 1.43. The summed E-state index contributed by atoms with van der Waals surface area (Å²) in [5, 5.41) is 14.9. The molecule has 0 saturated heterocycles. The fraction of sp³-hybridized carbons (Fsp3) is 0.294. The number of nitro groups is 1. The molecule has 0 amide bonds. The topological polar surface area (TPSA) is 140 Å². The number of aryl methyl sites for hydroxylation is 1. The largest absolute Gasteiger partial charge is 0.329 e. The summed E-state index contributed by atoms with van der Waals surface area (Å²) >= 11 is 0. The number of nitrogens with zero attached hydrogens (tertiary/aromatic N) is 5. The second-order valence-corrected chi connectivity index (χ2v) is 6.65. The third-order valence-corrected chi connectivity index (χ3v) is 4.01. The van der Waals surface area contributed by atoms with Crippen LogP contribution in [0.5, 0.6) is 0 Å². The van der Waals surface area contributed by atoms with Crippen LogP contribution in [0, 0.1) is 16.0 Å². The van der Waals surface area contributed by atoms with Gasteiger partial charge in [0.15, 0.2) is 11.2 Å². The van der Waals surface area contributed by atoms with E-state index in [1.165, 1.54) is 30.0 Å². The van der Waals surface area contributed by atoms with Crippen LogP contribution in [-0.4, -0.2) is 30.2 Å². The Morgan fingerprint density at radius 1 is 1.39 bits per heavy atom. The molecule has 0 fully saturated rings. The molecule has 0 bridgehead atoms. The molecule has 1 aromatic carbocycles. The number of aromatic nitrogens is 4. The third kappa shape index (κ3) is 3.68. The first-order chi connectivity index (χ1) is 13.3. The Labute approximate surface area is 158 Å². The standard InChI is InChI=1S/C17H19N7O4/c1-10(2)9-23-13-14(22(3)17(26)20-15(13)25)19-16(23)21-18-8-11-5-4-6-12(7-11)24(27)28/h4-8,10H,9H2,1-3H3,(H,19,21)(H,20,25,26). The zero-order chi connectivity index (χ0) is 20.4. The molecule has 11 heteroatoms. The SMILES string of the molecule is CC(C)Cn1c(NN=Cc2cccc([N+](=O)[O-])c2)nc2c1c(=O)[nH]c(=O)n2C. The van der Waals surface area contributed by atoms with Gasteiger partial charge in [0.1, 0.15) is 0 Å². The van der Waals surface area contributed by atoms with Crippen LogP contribution in [0.3, 0.4) is 0 Å². The molecule has 0 radical (unpaired) electrons. The van der Waals surface area contributed by atoms with Crippen LogP contribution in [0.25, 0.3) is 11.2 Å². The number of hydrogen-bond donors (Lipinski definition) is 2. The number of non-ortho nitro benzene ring substituents is 1. The molecule has 2 aromatic heterocycles. The highest BCUT2D eigenvalue weighted by Gasteiger charge is 2.17. The van der Waals surface area contributed by atoms with Crippen molar-refractivity contribution >= 4 is 29.0 Å². The summed E-state index contributed by atoms with van der Waals surface area (Å²) in [6.45, 7) is 4.45. The molecule has 2 N–H and O–H groups in total. The first-order valence-electron chi connectivity index (χ1n) is 8.51. The van der Waals surface area contributed by atoms with Gasteiger partial charge in [-0.05, 0) is 5.92 Å². The van der Waals surface area contributed by atoms with E-state index < -0.39 is 16.2 Å². The minimum Gasteiger partial charge on any atom is -0.303 e. The first kappa shape index (κ1) is 19.0. The second kappa shape index (κ2) is 7.47. The van der Waals surface area contributed by atoms with E-state index in [9.17, 15) is 19.7 Å². The van der Waals surface area contributed by atoms with Gasteiger partial charge in [-0.1, -0.05) is 26.0 Å². The number of imidazole rings is 1. The third-order valence-electron chi connectivity index (χ3n) is 4.01. The Bertz CT molecular complexity index is 1190. The molecule has 28 heavy (non-hydrogen) atoms. The van der Waals surface area contributed by atoms with Gasteiger partial charge in [-0.3, -0.25) is 24.5 Å². The molecular formula is C17H19N7O4. The lowest BCUT2D eigenvalue weighted by Gasteiger charge is -2.10. The highest BCUT2D eigenvalue weighted by Crippen LogP contribution is 2.17. The number of aromatic amines is 1. The number of benzene rings is 1. The summed E-state index contributed by atoms with van der Waals surface area (Å²) in [6.07, 6.45) is 1.41. The Morgan fingerprint density at radius 3 is 2.82 bits per heavy atom. The normalized spacial score (nSPS) is 11.6. The van der Waals surface area contributed by atoms with Crippen molar-refractivity contribution < 1.29 is 4.92 Å². The highest BCUT2D eigenvalue weighted by molar-refractivity contribution is 5.81. The number of H-pyrrole nitrogens is 1. The van der Waals surface area contributed by atoms with E-state index in [0.717, 1.165) is 0 Å². The van der Waals surface area contributed by atoms with Gasteiger partial charge in [-0.15, -0.1) is 0 Å². The average molecular weight is 385 g/mol. The first-order valence-corrected chi connectivity index (χ1v) is 8.51. The van der Waals surface area contributed by atoms with Crippen LogP contribution < -0.4 is 16.7 Å². The van der Waals surface area contributed by atoms with E-state index in [0.29, 0.717) is 12.1 Å². The molecule has 146 valence electrons. The Morgan fingerprint density at radius 2 is 2.14 bits per heavy atom. The summed E-state index contributed by atoms with van der Waals surface area (Å²) in [5.74, 6) is 0.493. The van der Waals surface area contributed by atoms with Crippen LogP contribution >= 0.6 is 0 Å². The van der Waals surface area contributed by atoms with E-state index in [1.54, 1.807) is 16.7 Å². The number of nitro benzene ring substituents is 1. The Hall–Kier alpha value is -3.76.